The Morgan fingerprint density at radius 1 is 1.12 bits per heavy atom. The molecule has 1 atom stereocenters. The molecule has 0 saturated carbocycles. The maximum Gasteiger partial charge on any atom is 0.336 e. The van der Waals surface area contributed by atoms with Crippen LogP contribution in [0.3, 0.4) is 0 Å². The van der Waals surface area contributed by atoms with Gasteiger partial charge in [-0.25, -0.2) is 14.2 Å². The fourth-order valence-corrected chi connectivity index (χ4v) is 6.11. The number of hydrogen-bond donors (Lipinski definition) is 4. The summed E-state index contributed by atoms with van der Waals surface area (Å²) in [5, 5.41) is 35.8. The molecule has 1 saturated heterocycles. The second kappa shape index (κ2) is 14.8. The number of aliphatic hydroxyl groups is 1. The summed E-state index contributed by atoms with van der Waals surface area (Å²) >= 11 is 1.57. The van der Waals surface area contributed by atoms with Crippen LogP contribution in [0.25, 0.3) is 0 Å². The molecule has 2 aromatic rings. The van der Waals surface area contributed by atoms with Crippen LogP contribution in [-0.4, -0.2) is 97.3 Å². The molecule has 0 radical (unpaired) electrons. The first-order chi connectivity index (χ1) is 20.3. The number of aromatic nitrogens is 1. The highest BCUT2D eigenvalue weighted by Gasteiger charge is 2.43. The average Bonchev–Trinajstić information content (AvgIpc) is 3.58. The maximum atomic E-state index is 13.8. The number of thiazole rings is 1. The quantitative estimate of drug-likeness (QED) is 0.273. The highest BCUT2D eigenvalue weighted by molar-refractivity contribution is 7.07. The summed E-state index contributed by atoms with van der Waals surface area (Å²) in [6.45, 7) is 8.47. The van der Waals surface area contributed by atoms with Crippen molar-refractivity contribution in [2.45, 2.75) is 63.8 Å². The molecular formula is C29H38FN3O9S. The molecule has 43 heavy (non-hydrogen) atoms. The second-order valence-corrected chi connectivity index (χ2v) is 11.5. The molecule has 1 aromatic carbocycles. The van der Waals surface area contributed by atoms with Gasteiger partial charge in [0.2, 0.25) is 5.91 Å². The van der Waals surface area contributed by atoms with Crippen molar-refractivity contribution < 1.29 is 48.7 Å². The van der Waals surface area contributed by atoms with Crippen LogP contribution in [0.15, 0.2) is 29.1 Å². The number of amides is 1. The molecule has 0 bridgehead atoms. The lowest BCUT2D eigenvalue weighted by atomic mass is 9.83. The normalized spacial score (nSPS) is 16.6. The van der Waals surface area contributed by atoms with E-state index in [1.165, 1.54) is 6.07 Å². The van der Waals surface area contributed by atoms with E-state index in [2.05, 4.69) is 9.88 Å². The molecule has 3 heterocycles. The molecule has 2 aliphatic rings. The van der Waals surface area contributed by atoms with Gasteiger partial charge in [0.25, 0.3) is 0 Å². The lowest BCUT2D eigenvalue weighted by Crippen LogP contribution is -2.47. The van der Waals surface area contributed by atoms with E-state index in [-0.39, 0.29) is 23.2 Å². The van der Waals surface area contributed by atoms with Gasteiger partial charge >= 0.3 is 17.9 Å². The average molecular weight is 624 g/mol. The first-order valence-corrected chi connectivity index (χ1v) is 15.0. The molecule has 4 rings (SSSR count). The number of carboxylic acid groups (broad SMARTS) is 3. The molecule has 4 N–H and O–H groups in total. The molecule has 14 heteroatoms. The minimum Gasteiger partial charge on any atom is -0.481 e. The molecular weight excluding hydrogens is 585 g/mol. The van der Waals surface area contributed by atoms with E-state index in [0.29, 0.717) is 13.0 Å². The van der Waals surface area contributed by atoms with Gasteiger partial charge in [-0.2, -0.15) is 0 Å². The standard InChI is InChI=1S/C23H30FN3O2S.C6H8O7/c1-3-27(4-2)22(28)18(11-20-15-30-16-25-20)13-26-9-7-23(8-10-26)21-12-19(24)6-5-17(21)14-29-23;7-3(8)1-6(13,5(11)12)2-4(9)10/h5-6,12,15-16,18H,3-4,7-11,13-14H2,1-2H3;13H,1-2H2,(H,7,8)(H,9,10)(H,11,12). The van der Waals surface area contributed by atoms with Gasteiger partial charge in [-0.05, 0) is 49.9 Å². The van der Waals surface area contributed by atoms with E-state index in [4.69, 9.17) is 25.2 Å². The fraction of sp³-hybridized carbons (Fsp3) is 0.552. The van der Waals surface area contributed by atoms with Gasteiger partial charge in [0, 0.05) is 44.5 Å². The van der Waals surface area contributed by atoms with Crippen LogP contribution in [0.1, 0.15) is 56.4 Å². The highest BCUT2D eigenvalue weighted by Crippen LogP contribution is 2.44. The summed E-state index contributed by atoms with van der Waals surface area (Å²) in [4.78, 5) is 52.3. The molecule has 2 aliphatic heterocycles. The zero-order chi connectivity index (χ0) is 31.8. The monoisotopic (exact) mass is 623 g/mol. The van der Waals surface area contributed by atoms with E-state index in [1.54, 1.807) is 17.4 Å². The minimum absolute atomic E-state index is 0.102. The van der Waals surface area contributed by atoms with Crippen molar-refractivity contribution >= 4 is 35.2 Å². The van der Waals surface area contributed by atoms with Crippen molar-refractivity contribution in [3.05, 3.63) is 51.7 Å². The van der Waals surface area contributed by atoms with Crippen molar-refractivity contribution in [1.29, 1.82) is 0 Å². The zero-order valence-electron chi connectivity index (χ0n) is 24.2. The highest BCUT2D eigenvalue weighted by atomic mass is 32.1. The van der Waals surface area contributed by atoms with E-state index in [9.17, 15) is 23.6 Å². The summed E-state index contributed by atoms with van der Waals surface area (Å²) in [7, 11) is 0. The number of carboxylic acids is 3. The van der Waals surface area contributed by atoms with E-state index in [0.717, 1.165) is 62.4 Å². The third kappa shape index (κ3) is 8.78. The molecule has 1 fully saturated rings. The number of aliphatic carboxylic acids is 3. The molecule has 236 valence electrons. The number of piperidine rings is 1. The summed E-state index contributed by atoms with van der Waals surface area (Å²) in [5.41, 5.74) is 1.82. The Bertz CT molecular complexity index is 1260. The Balaban J connectivity index is 0.000000331. The van der Waals surface area contributed by atoms with Gasteiger partial charge in [0.15, 0.2) is 5.60 Å². The van der Waals surface area contributed by atoms with Crippen LogP contribution >= 0.6 is 11.3 Å². The van der Waals surface area contributed by atoms with Gasteiger partial charge < -0.3 is 35.0 Å². The Labute approximate surface area is 252 Å². The number of rotatable bonds is 12. The first kappa shape index (κ1) is 34.0. The van der Waals surface area contributed by atoms with Crippen molar-refractivity contribution in [2.75, 3.05) is 32.7 Å². The van der Waals surface area contributed by atoms with Gasteiger partial charge in [0.05, 0.1) is 42.2 Å². The Morgan fingerprint density at radius 2 is 1.74 bits per heavy atom. The predicted octanol–water partition coefficient (Wildman–Crippen LogP) is 2.58. The summed E-state index contributed by atoms with van der Waals surface area (Å²) in [6.07, 6.45) is 0.0347. The largest absolute Gasteiger partial charge is 0.481 e. The van der Waals surface area contributed by atoms with Gasteiger partial charge in [-0.1, -0.05) is 6.07 Å². The maximum absolute atomic E-state index is 13.8. The van der Waals surface area contributed by atoms with Gasteiger partial charge in [0.1, 0.15) is 5.82 Å². The Hall–Kier alpha value is -3.46. The van der Waals surface area contributed by atoms with Crippen molar-refractivity contribution in [3.8, 4) is 0 Å². The number of benzene rings is 1. The summed E-state index contributed by atoms with van der Waals surface area (Å²) in [5.74, 6) is -5.11. The minimum atomic E-state index is -2.74. The number of ether oxygens (including phenoxy) is 1. The number of halogens is 1. The van der Waals surface area contributed by atoms with Crippen LogP contribution in [0.5, 0.6) is 0 Å². The third-order valence-electron chi connectivity index (χ3n) is 7.86. The number of fused-ring (bicyclic) bond motifs is 2. The smallest absolute Gasteiger partial charge is 0.336 e. The third-order valence-corrected chi connectivity index (χ3v) is 8.49. The SMILES string of the molecule is CCN(CC)C(=O)C(Cc1cscn1)CN1CCC2(CC1)OCc1ccc(F)cc12.O=C(O)CC(O)(CC(=O)O)C(=O)O. The number of likely N-dealkylation sites (tertiary alicyclic amines) is 1. The molecule has 1 spiro atoms. The lowest BCUT2D eigenvalue weighted by Gasteiger charge is -2.40. The van der Waals surface area contributed by atoms with Crippen LogP contribution in [0.2, 0.25) is 0 Å². The van der Waals surface area contributed by atoms with E-state index >= 15 is 0 Å². The van der Waals surface area contributed by atoms with Crippen molar-refractivity contribution in [3.63, 3.8) is 0 Å². The Morgan fingerprint density at radius 3 is 2.26 bits per heavy atom. The van der Waals surface area contributed by atoms with Crippen LogP contribution < -0.4 is 0 Å². The summed E-state index contributed by atoms with van der Waals surface area (Å²) in [6, 6.07) is 5.00. The fourth-order valence-electron chi connectivity index (χ4n) is 5.54. The van der Waals surface area contributed by atoms with Crippen molar-refractivity contribution in [2.24, 2.45) is 5.92 Å². The van der Waals surface area contributed by atoms with Crippen LogP contribution in [-0.2, 0) is 42.5 Å². The van der Waals surface area contributed by atoms with E-state index in [1.807, 2.05) is 35.7 Å². The molecule has 1 amide bonds. The molecule has 1 unspecified atom stereocenters. The zero-order valence-corrected chi connectivity index (χ0v) is 25.0. The molecule has 12 nitrogen and oxygen atoms in total. The van der Waals surface area contributed by atoms with Crippen molar-refractivity contribution in [1.82, 2.24) is 14.8 Å². The lowest BCUT2D eigenvalue weighted by molar-refractivity contribution is -0.170. The Kier molecular flexibility index (Phi) is 11.7. The molecule has 1 aromatic heterocycles. The van der Waals surface area contributed by atoms with Crippen LogP contribution in [0.4, 0.5) is 4.39 Å². The van der Waals surface area contributed by atoms with E-state index < -0.39 is 36.4 Å². The second-order valence-electron chi connectivity index (χ2n) is 10.8. The number of carbonyl (C=O) groups is 4. The molecule has 0 aliphatic carbocycles. The number of hydrogen-bond acceptors (Lipinski definition) is 9. The number of nitrogens with zero attached hydrogens (tertiary/aromatic N) is 3. The van der Waals surface area contributed by atoms with Gasteiger partial charge in [-0.3, -0.25) is 14.4 Å². The first-order valence-electron chi connectivity index (χ1n) is 14.0. The summed E-state index contributed by atoms with van der Waals surface area (Å²) < 4.78 is 20.0. The topological polar surface area (TPSA) is 178 Å². The number of carbonyl (C=O) groups excluding carboxylic acids is 1. The van der Waals surface area contributed by atoms with Gasteiger partial charge in [-0.15, -0.1) is 11.3 Å². The predicted molar refractivity (Wildman–Crippen MR) is 153 cm³/mol. The van der Waals surface area contributed by atoms with Crippen LogP contribution in [0, 0.1) is 11.7 Å².